The zero-order valence-electron chi connectivity index (χ0n) is 34.8. The lowest BCUT2D eigenvalue weighted by Gasteiger charge is -2.19. The molecule has 0 bridgehead atoms. The molecule has 316 valence electrons. The van der Waals surface area contributed by atoms with Gasteiger partial charge in [-0.15, -0.1) is 4.91 Å². The maximum Gasteiger partial charge on any atom is 0.334 e. The zero-order valence-corrected chi connectivity index (χ0v) is 34.8. The summed E-state index contributed by atoms with van der Waals surface area (Å²) in [6.45, 7) is 3.81. The number of unbranched alkanes of at least 4 members (excludes halogenated alkanes) is 28. The number of hydrogen-bond acceptors (Lipinski definition) is 9. The number of esters is 3. The summed E-state index contributed by atoms with van der Waals surface area (Å²) in [5, 5.41) is 11.6. The number of rotatable bonds is 42. The highest BCUT2D eigenvalue weighted by molar-refractivity contribution is 5.77. The normalized spacial score (nSPS) is 12.3. The molecular weight excluding hydrogens is 686 g/mol. The molecule has 0 saturated heterocycles. The first kappa shape index (κ1) is 51.5. The topological polar surface area (TPSA) is 146 Å². The molecule has 0 aliphatic heterocycles. The molecule has 0 aromatic carbocycles. The van der Waals surface area contributed by atoms with Gasteiger partial charge in [0.05, 0.1) is 0 Å². The van der Waals surface area contributed by atoms with Gasteiger partial charge >= 0.3 is 23.9 Å². The summed E-state index contributed by atoms with van der Waals surface area (Å²) in [4.78, 5) is 59.4. The number of hydrogen-bond donors (Lipinski definition) is 1. The summed E-state index contributed by atoms with van der Waals surface area (Å²) in [7, 11) is 0. The average molecular weight is 768 g/mol. The summed E-state index contributed by atoms with van der Waals surface area (Å²) in [6, 6.07) is -1.48. The van der Waals surface area contributed by atoms with Gasteiger partial charge in [0.2, 0.25) is 0 Å². The molecule has 0 amide bonds. The van der Waals surface area contributed by atoms with Gasteiger partial charge in [0, 0.05) is 19.3 Å². The molecule has 2 atom stereocenters. The van der Waals surface area contributed by atoms with Gasteiger partial charge in [-0.2, -0.15) is 0 Å². The van der Waals surface area contributed by atoms with E-state index < -0.39 is 49.1 Å². The third-order valence-corrected chi connectivity index (χ3v) is 10.1. The Labute approximate surface area is 329 Å². The van der Waals surface area contributed by atoms with E-state index in [1.165, 1.54) is 141 Å². The Morgan fingerprint density at radius 1 is 0.463 bits per heavy atom. The summed E-state index contributed by atoms with van der Waals surface area (Å²) >= 11 is 0. The second-order valence-electron chi connectivity index (χ2n) is 15.4. The van der Waals surface area contributed by atoms with E-state index in [0.29, 0.717) is 12.8 Å². The van der Waals surface area contributed by atoms with E-state index in [0.717, 1.165) is 38.5 Å². The third kappa shape index (κ3) is 36.5. The Kier molecular flexibility index (Phi) is 38.3. The fourth-order valence-corrected chi connectivity index (χ4v) is 6.65. The molecule has 0 rings (SSSR count). The van der Waals surface area contributed by atoms with Gasteiger partial charge in [-0.25, -0.2) is 4.79 Å². The van der Waals surface area contributed by atoms with Crippen molar-refractivity contribution in [3.63, 3.8) is 0 Å². The van der Waals surface area contributed by atoms with Gasteiger partial charge in [-0.1, -0.05) is 199 Å². The number of carboxylic acids is 1. The lowest BCUT2D eigenvalue weighted by atomic mass is 10.0. The van der Waals surface area contributed by atoms with E-state index in [1.807, 2.05) is 0 Å². The van der Waals surface area contributed by atoms with Crippen molar-refractivity contribution in [3.05, 3.63) is 4.91 Å². The predicted molar refractivity (Wildman–Crippen MR) is 217 cm³/mol. The Hall–Kier alpha value is -2.52. The quantitative estimate of drug-likeness (QED) is 0.0277. The van der Waals surface area contributed by atoms with Gasteiger partial charge in [-0.05, 0) is 19.3 Å². The Morgan fingerprint density at radius 2 is 0.796 bits per heavy atom. The predicted octanol–water partition coefficient (Wildman–Crippen LogP) is 12.5. The standard InChI is InChI=1S/C44H81NO9/c1-3-5-7-9-11-13-15-17-19-21-23-25-27-29-31-33-42(48)52-37-39(38-53-44(50)40(45-51)35-36-41(46)47)54-43(49)34-32-30-28-26-24-22-20-18-16-14-12-10-8-6-4-2/h39-40H,3-38H2,1-2H3,(H,46,47)/t39?,40-/m1/s1. The van der Waals surface area contributed by atoms with Crippen LogP contribution in [0.1, 0.15) is 232 Å². The van der Waals surface area contributed by atoms with Crippen molar-refractivity contribution in [2.24, 2.45) is 5.18 Å². The van der Waals surface area contributed by atoms with Crippen molar-refractivity contribution >= 4 is 23.9 Å². The van der Waals surface area contributed by atoms with Crippen molar-refractivity contribution < 1.29 is 38.5 Å². The van der Waals surface area contributed by atoms with Gasteiger partial charge in [0.25, 0.3) is 0 Å². The fourth-order valence-electron chi connectivity index (χ4n) is 6.65. The van der Waals surface area contributed by atoms with Crippen molar-refractivity contribution in [1.82, 2.24) is 0 Å². The lowest BCUT2D eigenvalue weighted by Crippen LogP contribution is -2.33. The second-order valence-corrected chi connectivity index (χ2v) is 15.4. The molecule has 1 N–H and O–H groups in total. The van der Waals surface area contributed by atoms with Crippen LogP contribution in [-0.2, 0) is 33.4 Å². The Bertz CT molecular complexity index is 912. The van der Waals surface area contributed by atoms with Crippen molar-refractivity contribution in [3.8, 4) is 0 Å². The molecule has 0 heterocycles. The molecule has 0 aliphatic carbocycles. The minimum Gasteiger partial charge on any atom is -0.481 e. The molecule has 0 aliphatic rings. The van der Waals surface area contributed by atoms with E-state index in [-0.39, 0.29) is 25.9 Å². The first-order valence-corrected chi connectivity index (χ1v) is 22.4. The molecule has 10 heteroatoms. The summed E-state index contributed by atoms with van der Waals surface area (Å²) in [5.41, 5.74) is 0. The number of nitroso groups, excluding NO2 is 1. The van der Waals surface area contributed by atoms with Gasteiger partial charge in [0.1, 0.15) is 13.2 Å². The number of ether oxygens (including phenoxy) is 3. The van der Waals surface area contributed by atoms with Crippen molar-refractivity contribution in [2.45, 2.75) is 244 Å². The monoisotopic (exact) mass is 768 g/mol. The van der Waals surface area contributed by atoms with Gasteiger partial charge in [0.15, 0.2) is 12.1 Å². The van der Waals surface area contributed by atoms with Crippen LogP contribution < -0.4 is 0 Å². The van der Waals surface area contributed by atoms with Crippen LogP contribution in [0.5, 0.6) is 0 Å². The van der Waals surface area contributed by atoms with Crippen LogP contribution in [0.3, 0.4) is 0 Å². The molecule has 10 nitrogen and oxygen atoms in total. The maximum absolute atomic E-state index is 12.6. The first-order valence-electron chi connectivity index (χ1n) is 22.4. The summed E-state index contributed by atoms with van der Waals surface area (Å²) in [5.74, 6) is -3.05. The number of carbonyl (C=O) groups is 4. The van der Waals surface area contributed by atoms with E-state index in [4.69, 9.17) is 19.3 Å². The third-order valence-electron chi connectivity index (χ3n) is 10.1. The Balaban J connectivity index is 4.31. The summed E-state index contributed by atoms with van der Waals surface area (Å²) in [6.07, 6.45) is 35.6. The highest BCUT2D eigenvalue weighted by Crippen LogP contribution is 2.16. The van der Waals surface area contributed by atoms with Crippen LogP contribution in [0.2, 0.25) is 0 Å². The van der Waals surface area contributed by atoms with E-state index in [2.05, 4.69) is 19.0 Å². The molecular formula is C44H81NO9. The molecule has 0 spiro atoms. The van der Waals surface area contributed by atoms with Crippen LogP contribution >= 0.6 is 0 Å². The minimum atomic E-state index is -1.48. The van der Waals surface area contributed by atoms with Crippen molar-refractivity contribution in [2.75, 3.05) is 13.2 Å². The highest BCUT2D eigenvalue weighted by Gasteiger charge is 2.25. The molecule has 1 unspecified atom stereocenters. The lowest BCUT2D eigenvalue weighted by molar-refractivity contribution is -0.167. The molecule has 0 radical (unpaired) electrons. The van der Waals surface area contributed by atoms with Crippen molar-refractivity contribution in [1.29, 1.82) is 0 Å². The smallest absolute Gasteiger partial charge is 0.334 e. The first-order chi connectivity index (χ1) is 26.3. The molecule has 0 saturated carbocycles. The van der Waals surface area contributed by atoms with E-state index in [1.54, 1.807) is 0 Å². The molecule has 54 heavy (non-hydrogen) atoms. The van der Waals surface area contributed by atoms with Gasteiger partial charge in [-0.3, -0.25) is 14.4 Å². The number of nitrogens with zero attached hydrogens (tertiary/aromatic N) is 1. The van der Waals surface area contributed by atoms with E-state index >= 15 is 0 Å². The van der Waals surface area contributed by atoms with Crippen LogP contribution in [0, 0.1) is 4.91 Å². The van der Waals surface area contributed by atoms with Crippen LogP contribution in [0.4, 0.5) is 0 Å². The Morgan fingerprint density at radius 3 is 1.15 bits per heavy atom. The zero-order chi connectivity index (χ0) is 39.7. The molecule has 0 aromatic rings. The minimum absolute atomic E-state index is 0.201. The number of carbonyl (C=O) groups excluding carboxylic acids is 3. The average Bonchev–Trinajstić information content (AvgIpc) is 3.15. The van der Waals surface area contributed by atoms with Crippen LogP contribution in [0.15, 0.2) is 5.18 Å². The maximum atomic E-state index is 12.6. The molecule has 0 fully saturated rings. The number of aliphatic carboxylic acids is 1. The van der Waals surface area contributed by atoms with Gasteiger partial charge < -0.3 is 19.3 Å². The molecule has 0 aromatic heterocycles. The van der Waals surface area contributed by atoms with Crippen LogP contribution in [-0.4, -0.2) is 54.3 Å². The van der Waals surface area contributed by atoms with Crippen LogP contribution in [0.25, 0.3) is 0 Å². The highest BCUT2D eigenvalue weighted by atomic mass is 16.6. The second kappa shape index (κ2) is 40.2. The number of carboxylic acid groups (broad SMARTS) is 1. The largest absolute Gasteiger partial charge is 0.481 e. The SMILES string of the molecule is CCCCCCCCCCCCCCCCCC(=O)OCC(COC(=O)[C@@H](CCC(=O)O)N=O)OC(=O)CCCCCCCCCCCCCCCCC. The fraction of sp³-hybridized carbons (Fsp3) is 0.909. The van der Waals surface area contributed by atoms with E-state index in [9.17, 15) is 24.1 Å². The summed E-state index contributed by atoms with van der Waals surface area (Å²) < 4.78 is 16.0.